The molecule has 2 aliphatic heterocycles. The summed E-state index contributed by atoms with van der Waals surface area (Å²) in [5, 5.41) is 13.9. The molecule has 2 atom stereocenters. The number of piperazine rings is 1. The van der Waals surface area contributed by atoms with E-state index in [4.69, 9.17) is 30.8 Å². The first-order valence-electron chi connectivity index (χ1n) is 14.1. The van der Waals surface area contributed by atoms with E-state index in [1.54, 1.807) is 7.11 Å². The molecule has 3 aromatic carbocycles. The summed E-state index contributed by atoms with van der Waals surface area (Å²) < 4.78 is 16.6. The van der Waals surface area contributed by atoms with Gasteiger partial charge < -0.3 is 19.1 Å². The number of benzene rings is 3. The fourth-order valence-electron chi connectivity index (χ4n) is 6.20. The Balaban J connectivity index is 1.41. The highest BCUT2D eigenvalue weighted by atomic mass is 35.5. The normalized spacial score (nSPS) is 18.4. The average Bonchev–Trinajstić information content (AvgIpc) is 3.23. The molecule has 4 aromatic rings. The Morgan fingerprint density at radius 2 is 1.79 bits per heavy atom. The molecule has 0 unspecified atom stereocenters. The Morgan fingerprint density at radius 1 is 1.05 bits per heavy atom. The van der Waals surface area contributed by atoms with Crippen LogP contribution < -0.4 is 9.64 Å². The molecule has 0 spiro atoms. The molecule has 0 radical (unpaired) electrons. The van der Waals surface area contributed by atoms with E-state index in [9.17, 15) is 10.1 Å². The van der Waals surface area contributed by atoms with Gasteiger partial charge in [0.25, 0.3) is 0 Å². The first kappa shape index (κ1) is 28.1. The van der Waals surface area contributed by atoms with E-state index in [0.29, 0.717) is 24.4 Å². The van der Waals surface area contributed by atoms with Gasteiger partial charge in [-0.2, -0.15) is 5.26 Å². The Hall–Kier alpha value is -4.06. The number of hydrogen-bond donors (Lipinski definition) is 0. The summed E-state index contributed by atoms with van der Waals surface area (Å²) in [5.74, 6) is 1.42. The summed E-state index contributed by atoms with van der Waals surface area (Å²) >= 11 is 6.67. The lowest BCUT2D eigenvalue weighted by molar-refractivity contribution is 0.0123. The number of carbonyl (C=O) groups is 1. The smallest absolute Gasteiger partial charge is 0.410 e. The van der Waals surface area contributed by atoms with Crippen molar-refractivity contribution in [1.29, 1.82) is 5.26 Å². The molecule has 2 bridgehead atoms. The molecule has 8 nitrogen and oxygen atoms in total. The minimum Gasteiger partial charge on any atom is -0.468 e. The van der Waals surface area contributed by atoms with E-state index in [1.165, 1.54) is 0 Å². The van der Waals surface area contributed by atoms with Gasteiger partial charge in [-0.15, -0.1) is 0 Å². The van der Waals surface area contributed by atoms with Crippen LogP contribution in [0.3, 0.4) is 0 Å². The summed E-state index contributed by atoms with van der Waals surface area (Å²) in [6.45, 7) is 7.03. The van der Waals surface area contributed by atoms with Gasteiger partial charge in [-0.3, -0.25) is 4.90 Å². The highest BCUT2D eigenvalue weighted by Gasteiger charge is 2.45. The molecule has 216 valence electrons. The summed E-state index contributed by atoms with van der Waals surface area (Å²) in [7, 11) is 1.59. The lowest BCUT2D eigenvalue weighted by atomic mass is 9.95. The van der Waals surface area contributed by atoms with Gasteiger partial charge in [-0.05, 0) is 79.8 Å². The van der Waals surface area contributed by atoms with Crippen LogP contribution in [0.25, 0.3) is 32.7 Å². The predicted octanol–water partition coefficient (Wildman–Crippen LogP) is 7.15. The minimum absolute atomic E-state index is 0.0188. The van der Waals surface area contributed by atoms with Crippen LogP contribution >= 0.6 is 11.6 Å². The molecule has 0 aliphatic carbocycles. The number of amides is 1. The molecule has 0 saturated carbocycles. The molecular formula is C33H33ClN4O4. The number of fused-ring (bicyclic) bond motifs is 4. The maximum atomic E-state index is 13.0. The number of methoxy groups -OCH3 is 1. The Kier molecular flexibility index (Phi) is 7.34. The fourth-order valence-corrected chi connectivity index (χ4v) is 6.43. The van der Waals surface area contributed by atoms with Crippen LogP contribution in [0, 0.1) is 11.3 Å². The lowest BCUT2D eigenvalue weighted by Gasteiger charge is -2.42. The molecule has 6 rings (SSSR count). The Labute approximate surface area is 250 Å². The van der Waals surface area contributed by atoms with Crippen molar-refractivity contribution in [1.82, 2.24) is 9.88 Å². The summed E-state index contributed by atoms with van der Waals surface area (Å²) in [5.41, 5.74) is 1.69. The van der Waals surface area contributed by atoms with Crippen molar-refractivity contribution >= 4 is 45.1 Å². The number of pyridine rings is 1. The van der Waals surface area contributed by atoms with E-state index in [0.717, 1.165) is 51.3 Å². The van der Waals surface area contributed by atoms with Gasteiger partial charge in [0.15, 0.2) is 6.79 Å². The van der Waals surface area contributed by atoms with E-state index in [-0.39, 0.29) is 30.1 Å². The van der Waals surface area contributed by atoms with Gasteiger partial charge >= 0.3 is 6.09 Å². The SMILES string of the molecule is COCOc1cc(-c2ccc3c(N4C[C@H]5CC[C@@H](C4)N5C(=O)OC(C)(C)C)nc(Cl)c(C#N)c3c2)c2ccccc2c1. The molecule has 1 amide bonds. The second-order valence-electron chi connectivity index (χ2n) is 11.9. The van der Waals surface area contributed by atoms with Crippen molar-refractivity contribution < 1.29 is 19.0 Å². The second kappa shape index (κ2) is 11.0. The third-order valence-corrected chi connectivity index (χ3v) is 8.20. The number of nitrogens with zero attached hydrogens (tertiary/aromatic N) is 4. The van der Waals surface area contributed by atoms with Crippen molar-refractivity contribution in [2.45, 2.75) is 51.3 Å². The molecule has 1 aromatic heterocycles. The second-order valence-corrected chi connectivity index (χ2v) is 12.3. The van der Waals surface area contributed by atoms with Gasteiger partial charge in [-0.25, -0.2) is 9.78 Å². The van der Waals surface area contributed by atoms with Crippen LogP contribution in [0.15, 0.2) is 54.6 Å². The quantitative estimate of drug-likeness (QED) is 0.182. The Morgan fingerprint density at radius 3 is 2.48 bits per heavy atom. The Bertz CT molecular complexity index is 1710. The summed E-state index contributed by atoms with van der Waals surface area (Å²) in [6, 6.07) is 20.5. The van der Waals surface area contributed by atoms with Crippen LogP contribution in [0.4, 0.5) is 10.6 Å². The number of nitriles is 1. The molecule has 0 N–H and O–H groups in total. The number of anilines is 1. The lowest BCUT2D eigenvalue weighted by Crippen LogP contribution is -2.57. The van der Waals surface area contributed by atoms with Crippen LogP contribution in [-0.2, 0) is 9.47 Å². The van der Waals surface area contributed by atoms with E-state index >= 15 is 0 Å². The maximum absolute atomic E-state index is 13.0. The predicted molar refractivity (Wildman–Crippen MR) is 164 cm³/mol. The van der Waals surface area contributed by atoms with Crippen molar-refractivity contribution in [2.75, 3.05) is 31.9 Å². The number of aromatic nitrogens is 1. The summed E-state index contributed by atoms with van der Waals surface area (Å²) in [4.78, 5) is 21.8. The third-order valence-electron chi connectivity index (χ3n) is 7.93. The van der Waals surface area contributed by atoms with Crippen molar-refractivity contribution in [3.8, 4) is 22.9 Å². The molecule has 2 saturated heterocycles. The molecule has 2 fully saturated rings. The summed E-state index contributed by atoms with van der Waals surface area (Å²) in [6.07, 6.45) is 1.54. The van der Waals surface area contributed by atoms with E-state index in [1.807, 2.05) is 68.1 Å². The number of hydrogen-bond acceptors (Lipinski definition) is 7. The zero-order valence-corrected chi connectivity index (χ0v) is 24.9. The highest BCUT2D eigenvalue weighted by molar-refractivity contribution is 6.32. The minimum atomic E-state index is -0.551. The maximum Gasteiger partial charge on any atom is 0.410 e. The number of ether oxygens (including phenoxy) is 3. The molecule has 2 aliphatic rings. The average molecular weight is 585 g/mol. The standard InChI is InChI=1S/C33H33ClN4O4/c1-33(2,3)42-32(39)38-22-10-11-23(38)18-37(17-22)31-26-12-9-21(14-28(26)29(16-35)30(34)36-31)27-15-24(41-19-40-4)13-20-7-5-6-8-25(20)27/h5-9,12-15,22-23H,10-11,17-19H2,1-4H3/t22-,23+. The molecular weight excluding hydrogens is 552 g/mol. The van der Waals surface area contributed by atoms with Crippen molar-refractivity contribution in [3.63, 3.8) is 0 Å². The third kappa shape index (κ3) is 5.19. The first-order valence-corrected chi connectivity index (χ1v) is 14.5. The zero-order chi connectivity index (χ0) is 29.6. The topological polar surface area (TPSA) is 87.9 Å². The zero-order valence-electron chi connectivity index (χ0n) is 24.2. The van der Waals surface area contributed by atoms with Crippen molar-refractivity contribution in [2.24, 2.45) is 0 Å². The monoisotopic (exact) mass is 584 g/mol. The van der Waals surface area contributed by atoms with Crippen LogP contribution in [0.1, 0.15) is 39.2 Å². The number of carbonyl (C=O) groups excluding carboxylic acids is 1. The molecule has 9 heteroatoms. The van der Waals surface area contributed by atoms with E-state index < -0.39 is 5.60 Å². The van der Waals surface area contributed by atoms with Gasteiger partial charge in [0.2, 0.25) is 0 Å². The van der Waals surface area contributed by atoms with E-state index in [2.05, 4.69) is 23.1 Å². The van der Waals surface area contributed by atoms with Gasteiger partial charge in [0, 0.05) is 31.0 Å². The van der Waals surface area contributed by atoms with Gasteiger partial charge in [-0.1, -0.05) is 41.9 Å². The largest absolute Gasteiger partial charge is 0.468 e. The van der Waals surface area contributed by atoms with Crippen LogP contribution in [0.2, 0.25) is 5.15 Å². The molecule has 42 heavy (non-hydrogen) atoms. The van der Waals surface area contributed by atoms with Gasteiger partial charge in [0.05, 0.1) is 17.6 Å². The van der Waals surface area contributed by atoms with Crippen LogP contribution in [0.5, 0.6) is 5.75 Å². The van der Waals surface area contributed by atoms with Crippen molar-refractivity contribution in [3.05, 3.63) is 65.3 Å². The van der Waals surface area contributed by atoms with Crippen LogP contribution in [-0.4, -0.2) is 60.7 Å². The highest BCUT2D eigenvalue weighted by Crippen LogP contribution is 2.40. The van der Waals surface area contributed by atoms with Gasteiger partial charge in [0.1, 0.15) is 28.4 Å². The number of halogens is 1. The number of rotatable bonds is 5. The first-order chi connectivity index (χ1) is 20.2. The fraction of sp³-hybridized carbons (Fsp3) is 0.364. The molecule has 3 heterocycles.